The molecule has 0 bridgehead atoms. The maximum absolute atomic E-state index is 13.3. The first-order chi connectivity index (χ1) is 20.4. The highest BCUT2D eigenvalue weighted by Gasteiger charge is 2.36. The molecule has 1 aliphatic heterocycles. The van der Waals surface area contributed by atoms with E-state index in [2.05, 4.69) is 16.0 Å². The van der Waals surface area contributed by atoms with Crippen LogP contribution in [-0.4, -0.2) is 79.0 Å². The van der Waals surface area contributed by atoms with Crippen molar-refractivity contribution in [2.24, 2.45) is 0 Å². The van der Waals surface area contributed by atoms with Gasteiger partial charge in [-0.05, 0) is 48.0 Å². The number of benzene rings is 3. The van der Waals surface area contributed by atoms with E-state index in [1.807, 2.05) is 0 Å². The number of nitrogens with zero attached hydrogens (tertiary/aromatic N) is 2. The first-order valence-corrected chi connectivity index (χ1v) is 12.7. The van der Waals surface area contributed by atoms with Crippen LogP contribution in [0.2, 0.25) is 0 Å². The van der Waals surface area contributed by atoms with Gasteiger partial charge in [-0.3, -0.25) is 4.79 Å². The Balaban J connectivity index is 1.70. The Hall–Kier alpha value is -5.92. The monoisotopic (exact) mass is 589 g/mol. The number of rotatable bonds is 5. The molecular weight excluding hydrogens is 562 g/mol. The van der Waals surface area contributed by atoms with Crippen molar-refractivity contribution in [1.29, 1.82) is 0 Å². The summed E-state index contributed by atoms with van der Waals surface area (Å²) in [7, 11) is 6.09. The molecular formula is C29H27N5O9. The molecule has 0 fully saturated rings. The smallest absolute Gasteiger partial charge is 0.386 e. The van der Waals surface area contributed by atoms with E-state index in [9.17, 15) is 33.9 Å². The van der Waals surface area contributed by atoms with Crippen LogP contribution in [0.1, 0.15) is 42.7 Å². The van der Waals surface area contributed by atoms with Crippen molar-refractivity contribution >= 4 is 47.3 Å². The number of nitrogens with one attached hydrogen (secondary N) is 3. The molecule has 1 aliphatic rings. The van der Waals surface area contributed by atoms with Gasteiger partial charge in [0.15, 0.2) is 6.04 Å². The third-order valence-corrected chi connectivity index (χ3v) is 6.34. The Labute approximate surface area is 245 Å². The lowest BCUT2D eigenvalue weighted by molar-refractivity contribution is -0.187. The van der Waals surface area contributed by atoms with Crippen LogP contribution in [0, 0.1) is 0 Å². The zero-order chi connectivity index (χ0) is 31.4. The van der Waals surface area contributed by atoms with E-state index < -0.39 is 35.9 Å². The minimum atomic E-state index is -1.67. The number of hydrogen-bond donors (Lipinski definition) is 4. The average Bonchev–Trinajstić information content (AvgIpc) is 3.11. The lowest BCUT2D eigenvalue weighted by Gasteiger charge is -2.22. The van der Waals surface area contributed by atoms with E-state index in [1.54, 1.807) is 26.2 Å². The topological polar surface area (TPSA) is 184 Å². The van der Waals surface area contributed by atoms with Gasteiger partial charge in [0.05, 0.1) is 11.1 Å². The number of carbonyl (C=O) groups excluding carboxylic acids is 5. The predicted molar refractivity (Wildman–Crippen MR) is 152 cm³/mol. The average molecular weight is 590 g/mol. The van der Waals surface area contributed by atoms with Crippen molar-refractivity contribution in [3.05, 3.63) is 82.9 Å². The summed E-state index contributed by atoms with van der Waals surface area (Å²) in [6, 6.07) is 11.6. The predicted octanol–water partition coefficient (Wildman–Crippen LogP) is 3.34. The molecule has 1 heterocycles. The Morgan fingerprint density at radius 3 is 1.95 bits per heavy atom. The molecule has 0 radical (unpaired) electrons. The Morgan fingerprint density at radius 2 is 1.35 bits per heavy atom. The highest BCUT2D eigenvalue weighted by atomic mass is 17.2. The second-order valence-corrected chi connectivity index (χ2v) is 9.71. The van der Waals surface area contributed by atoms with Gasteiger partial charge in [0.1, 0.15) is 0 Å². The maximum atomic E-state index is 13.3. The van der Waals surface area contributed by atoms with Crippen LogP contribution >= 0.6 is 0 Å². The van der Waals surface area contributed by atoms with Gasteiger partial charge in [0.25, 0.3) is 5.91 Å². The Kier molecular flexibility index (Phi) is 8.60. The van der Waals surface area contributed by atoms with E-state index in [4.69, 9.17) is 9.78 Å². The van der Waals surface area contributed by atoms with E-state index in [1.165, 1.54) is 72.4 Å². The number of carbonyl (C=O) groups is 6. The number of aliphatic carboxylic acids is 1. The van der Waals surface area contributed by atoms with Crippen LogP contribution in [0.4, 0.5) is 21.0 Å². The molecule has 0 aliphatic carbocycles. The van der Waals surface area contributed by atoms with Crippen LogP contribution in [0.25, 0.3) is 11.1 Å². The van der Waals surface area contributed by atoms with E-state index >= 15 is 0 Å². The summed E-state index contributed by atoms with van der Waals surface area (Å²) >= 11 is 0. The van der Waals surface area contributed by atoms with Crippen LogP contribution in [0.3, 0.4) is 0 Å². The largest absolute Gasteiger partial charge is 0.479 e. The summed E-state index contributed by atoms with van der Waals surface area (Å²) in [5, 5.41) is 17.7. The summed E-state index contributed by atoms with van der Waals surface area (Å²) in [5.74, 6) is -4.37. The molecule has 14 nitrogen and oxygen atoms in total. The van der Waals surface area contributed by atoms with E-state index in [0.717, 1.165) is 0 Å². The Morgan fingerprint density at radius 1 is 0.767 bits per heavy atom. The lowest BCUT2D eigenvalue weighted by atomic mass is 9.88. The quantitative estimate of drug-likeness (QED) is 0.256. The van der Waals surface area contributed by atoms with Crippen molar-refractivity contribution in [1.82, 2.24) is 15.1 Å². The lowest BCUT2D eigenvalue weighted by Crippen LogP contribution is -2.34. The fourth-order valence-corrected chi connectivity index (χ4v) is 4.17. The van der Waals surface area contributed by atoms with Gasteiger partial charge in [0, 0.05) is 56.3 Å². The first kappa shape index (κ1) is 30.0. The molecule has 222 valence electrons. The minimum absolute atomic E-state index is 0.00214. The van der Waals surface area contributed by atoms with Gasteiger partial charge >= 0.3 is 30.0 Å². The molecule has 1 atom stereocenters. The zero-order valence-electron chi connectivity index (χ0n) is 23.5. The van der Waals surface area contributed by atoms with Gasteiger partial charge < -0.3 is 30.9 Å². The molecule has 4 rings (SSSR count). The standard InChI is InChI=1S/C29H27N5O9/c1-33(2)28(40)30-16-11-9-15(10-12-16)26(38)42-43-27(39)19-13-14-20(31-29(41)34(3)4)22-21(19)17-7-5-6-8-18(17)24(35)32-23(22)25(36)37/h5-14,23H,1-4H3,(H,30,40)(H,31,41)(H,32,35)(H,36,37). The highest BCUT2D eigenvalue weighted by molar-refractivity contribution is 6.11. The fraction of sp³-hybridized carbons (Fsp3) is 0.172. The molecule has 4 N–H and O–H groups in total. The SMILES string of the molecule is CN(C)C(=O)Nc1ccc(C(=O)OOC(=O)c2ccc(NC(=O)N(C)C)c3c2-c2ccccc2C(=O)NC3C(=O)O)cc1. The summed E-state index contributed by atoms with van der Waals surface area (Å²) in [6.45, 7) is 0. The maximum Gasteiger partial charge on any atom is 0.386 e. The van der Waals surface area contributed by atoms with Gasteiger partial charge in [-0.2, -0.15) is 0 Å². The highest BCUT2D eigenvalue weighted by Crippen LogP contribution is 2.41. The van der Waals surface area contributed by atoms with Crippen LogP contribution in [-0.2, 0) is 14.6 Å². The van der Waals surface area contributed by atoms with Gasteiger partial charge in [-0.15, -0.1) is 0 Å². The number of carboxylic acids is 1. The molecule has 0 saturated heterocycles. The summed E-state index contributed by atoms with van der Waals surface area (Å²) < 4.78 is 0. The molecule has 3 aromatic rings. The Bertz CT molecular complexity index is 1630. The van der Waals surface area contributed by atoms with Crippen molar-refractivity contribution in [3.8, 4) is 11.1 Å². The van der Waals surface area contributed by atoms with Gasteiger partial charge in [0.2, 0.25) is 0 Å². The van der Waals surface area contributed by atoms with Gasteiger partial charge in [-0.25, -0.2) is 33.7 Å². The second-order valence-electron chi connectivity index (χ2n) is 9.71. The third-order valence-electron chi connectivity index (χ3n) is 6.34. The van der Waals surface area contributed by atoms with Crippen LogP contribution in [0.5, 0.6) is 0 Å². The summed E-state index contributed by atoms with van der Waals surface area (Å²) in [5.41, 5.74) is 0.352. The zero-order valence-corrected chi connectivity index (χ0v) is 23.5. The third kappa shape index (κ3) is 6.37. The van der Waals surface area contributed by atoms with Crippen molar-refractivity contribution in [3.63, 3.8) is 0 Å². The number of fused-ring (bicyclic) bond motifs is 3. The van der Waals surface area contributed by atoms with Crippen molar-refractivity contribution in [2.45, 2.75) is 6.04 Å². The number of anilines is 2. The molecule has 1 unspecified atom stereocenters. The summed E-state index contributed by atoms with van der Waals surface area (Å²) in [4.78, 5) is 87.8. The molecule has 43 heavy (non-hydrogen) atoms. The van der Waals surface area contributed by atoms with Crippen molar-refractivity contribution < 1.29 is 43.6 Å². The van der Waals surface area contributed by atoms with E-state index in [-0.39, 0.29) is 45.1 Å². The molecule has 14 heteroatoms. The van der Waals surface area contributed by atoms with Crippen molar-refractivity contribution in [2.75, 3.05) is 38.8 Å². The number of urea groups is 2. The van der Waals surface area contributed by atoms with Crippen LogP contribution in [0.15, 0.2) is 60.7 Å². The van der Waals surface area contributed by atoms with Crippen LogP contribution < -0.4 is 16.0 Å². The number of carboxylic acid groups (broad SMARTS) is 1. The molecule has 0 saturated carbocycles. The normalized spacial score (nSPS) is 13.2. The molecule has 3 aromatic carbocycles. The van der Waals surface area contributed by atoms with E-state index in [0.29, 0.717) is 5.69 Å². The second kappa shape index (κ2) is 12.3. The summed E-state index contributed by atoms with van der Waals surface area (Å²) in [6.07, 6.45) is 0. The fourth-order valence-electron chi connectivity index (χ4n) is 4.17. The minimum Gasteiger partial charge on any atom is -0.479 e. The molecule has 0 aromatic heterocycles. The first-order valence-electron chi connectivity index (χ1n) is 12.7. The molecule has 5 amide bonds. The molecule has 0 spiro atoms. The number of amides is 5. The number of hydrogen-bond acceptors (Lipinski definition) is 8. The van der Waals surface area contributed by atoms with Gasteiger partial charge in [-0.1, -0.05) is 18.2 Å².